The zero-order valence-electron chi connectivity index (χ0n) is 10.7. The molecular weight excluding hydrogens is 264 g/mol. The molecule has 19 heavy (non-hydrogen) atoms. The molecule has 1 aromatic rings. The van der Waals surface area contributed by atoms with E-state index < -0.39 is 5.97 Å². The van der Waals surface area contributed by atoms with Gasteiger partial charge in [-0.25, -0.2) is 4.79 Å². The average Bonchev–Trinajstić information content (AvgIpc) is 2.38. The van der Waals surface area contributed by atoms with Crippen molar-refractivity contribution in [3.63, 3.8) is 0 Å². The minimum absolute atomic E-state index is 0.231. The summed E-state index contributed by atoms with van der Waals surface area (Å²) in [6.45, 7) is 2.16. The molecule has 0 aliphatic heterocycles. The molecule has 0 amide bonds. The quantitative estimate of drug-likeness (QED) is 0.614. The number of rotatable bonds is 7. The van der Waals surface area contributed by atoms with Crippen molar-refractivity contribution in [1.29, 1.82) is 0 Å². The van der Waals surface area contributed by atoms with Crippen molar-refractivity contribution in [3.8, 4) is 0 Å². The fourth-order valence-corrected chi connectivity index (χ4v) is 2.27. The van der Waals surface area contributed by atoms with Crippen LogP contribution in [0, 0.1) is 0 Å². The minimum atomic E-state index is -0.978. The van der Waals surface area contributed by atoms with E-state index in [0.29, 0.717) is 18.1 Å². The number of ether oxygens (including phenoxy) is 1. The van der Waals surface area contributed by atoms with E-state index in [0.717, 1.165) is 17.2 Å². The summed E-state index contributed by atoms with van der Waals surface area (Å²) < 4.78 is 4.84. The number of benzene rings is 1. The first kappa shape index (κ1) is 15.3. The molecule has 1 aromatic carbocycles. The highest BCUT2D eigenvalue weighted by Gasteiger charge is 2.04. The molecule has 0 aromatic heterocycles. The number of carbonyl (C=O) groups excluding carboxylic acids is 1. The van der Waals surface area contributed by atoms with Gasteiger partial charge in [0.25, 0.3) is 0 Å². The average molecular weight is 280 g/mol. The van der Waals surface area contributed by atoms with Crippen LogP contribution in [-0.2, 0) is 20.1 Å². The fraction of sp³-hybridized carbons (Fsp3) is 0.286. The van der Waals surface area contributed by atoms with E-state index in [4.69, 9.17) is 9.84 Å². The first-order valence-corrected chi connectivity index (χ1v) is 7.01. The monoisotopic (exact) mass is 280 g/mol. The van der Waals surface area contributed by atoms with Gasteiger partial charge < -0.3 is 9.84 Å². The van der Waals surface area contributed by atoms with E-state index in [1.807, 2.05) is 24.3 Å². The Bertz CT molecular complexity index is 468. The van der Waals surface area contributed by atoms with Gasteiger partial charge in [0.1, 0.15) is 0 Å². The number of carboxylic acid groups (broad SMARTS) is 1. The third kappa shape index (κ3) is 6.10. The van der Waals surface area contributed by atoms with Gasteiger partial charge in [-0.15, -0.1) is 11.8 Å². The van der Waals surface area contributed by atoms with Gasteiger partial charge in [0.2, 0.25) is 0 Å². The SMILES string of the molecule is CCOC(=O)CSCc1ccccc1C=CC(=O)O. The molecule has 1 N–H and O–H groups in total. The number of carboxylic acids is 1. The second-order valence-electron chi connectivity index (χ2n) is 3.67. The van der Waals surface area contributed by atoms with Crippen molar-refractivity contribution < 1.29 is 19.4 Å². The first-order valence-electron chi connectivity index (χ1n) is 5.85. The topological polar surface area (TPSA) is 63.6 Å². The molecule has 5 heteroatoms. The molecular formula is C14H16O4S. The van der Waals surface area contributed by atoms with Crippen LogP contribution in [0.2, 0.25) is 0 Å². The zero-order chi connectivity index (χ0) is 14.1. The summed E-state index contributed by atoms with van der Waals surface area (Å²) >= 11 is 1.45. The Morgan fingerprint density at radius 3 is 2.79 bits per heavy atom. The van der Waals surface area contributed by atoms with E-state index in [2.05, 4.69) is 0 Å². The third-order valence-corrected chi connectivity index (χ3v) is 3.20. The molecule has 4 nitrogen and oxygen atoms in total. The van der Waals surface area contributed by atoms with Gasteiger partial charge in [-0.05, 0) is 24.1 Å². The number of carbonyl (C=O) groups is 2. The molecule has 0 fully saturated rings. The van der Waals surface area contributed by atoms with E-state index in [-0.39, 0.29) is 5.97 Å². The van der Waals surface area contributed by atoms with Crippen LogP contribution in [-0.4, -0.2) is 29.4 Å². The first-order chi connectivity index (χ1) is 9.13. The highest BCUT2D eigenvalue weighted by molar-refractivity contribution is 7.99. The molecule has 0 spiro atoms. The number of thioether (sulfide) groups is 1. The van der Waals surface area contributed by atoms with Crippen LogP contribution in [0.15, 0.2) is 30.3 Å². The van der Waals surface area contributed by atoms with Gasteiger partial charge in [0, 0.05) is 11.8 Å². The highest BCUT2D eigenvalue weighted by Crippen LogP contribution is 2.18. The number of aliphatic carboxylic acids is 1. The largest absolute Gasteiger partial charge is 0.478 e. The fourth-order valence-electron chi connectivity index (χ4n) is 1.44. The Morgan fingerprint density at radius 2 is 2.11 bits per heavy atom. The molecule has 0 aliphatic carbocycles. The maximum absolute atomic E-state index is 11.2. The molecule has 0 heterocycles. The standard InChI is InChI=1S/C14H16O4S/c1-2-18-14(17)10-19-9-12-6-4-3-5-11(12)7-8-13(15)16/h3-8H,2,9-10H2,1H3,(H,15,16). The van der Waals surface area contributed by atoms with Gasteiger partial charge in [-0.3, -0.25) is 4.79 Å². The highest BCUT2D eigenvalue weighted by atomic mass is 32.2. The molecule has 0 saturated carbocycles. The molecule has 0 saturated heterocycles. The summed E-state index contributed by atoms with van der Waals surface area (Å²) in [5.41, 5.74) is 1.84. The summed E-state index contributed by atoms with van der Waals surface area (Å²) in [5.74, 6) is -0.274. The number of esters is 1. The molecule has 0 bridgehead atoms. The normalized spacial score (nSPS) is 10.6. The van der Waals surface area contributed by atoms with E-state index in [1.54, 1.807) is 13.0 Å². The van der Waals surface area contributed by atoms with Crippen molar-refractivity contribution in [2.24, 2.45) is 0 Å². The van der Waals surface area contributed by atoms with Crippen molar-refractivity contribution in [2.45, 2.75) is 12.7 Å². The summed E-state index contributed by atoms with van der Waals surface area (Å²) in [7, 11) is 0. The van der Waals surface area contributed by atoms with Gasteiger partial charge >= 0.3 is 11.9 Å². The molecule has 1 rings (SSSR count). The Hall–Kier alpha value is -1.75. The molecule has 0 unspecified atom stereocenters. The Labute approximate surface area is 116 Å². The lowest BCUT2D eigenvalue weighted by molar-refractivity contribution is -0.139. The zero-order valence-corrected chi connectivity index (χ0v) is 11.5. The smallest absolute Gasteiger partial charge is 0.328 e. The van der Waals surface area contributed by atoms with Crippen molar-refractivity contribution >= 4 is 29.8 Å². The lowest BCUT2D eigenvalue weighted by atomic mass is 10.1. The van der Waals surface area contributed by atoms with Crippen molar-refractivity contribution in [3.05, 3.63) is 41.5 Å². The lowest BCUT2D eigenvalue weighted by Gasteiger charge is -2.05. The summed E-state index contributed by atoms with van der Waals surface area (Å²) in [4.78, 5) is 21.7. The van der Waals surface area contributed by atoms with Gasteiger partial charge in [0.05, 0.1) is 12.4 Å². The second-order valence-corrected chi connectivity index (χ2v) is 4.65. The maximum atomic E-state index is 11.2. The van der Waals surface area contributed by atoms with Crippen LogP contribution < -0.4 is 0 Å². The summed E-state index contributed by atoms with van der Waals surface area (Å²) in [5, 5.41) is 8.62. The van der Waals surface area contributed by atoms with E-state index >= 15 is 0 Å². The summed E-state index contributed by atoms with van der Waals surface area (Å²) in [6.07, 6.45) is 2.66. The van der Waals surface area contributed by atoms with Crippen molar-refractivity contribution in [1.82, 2.24) is 0 Å². The lowest BCUT2D eigenvalue weighted by Crippen LogP contribution is -2.06. The predicted molar refractivity (Wildman–Crippen MR) is 75.9 cm³/mol. The number of hydrogen-bond acceptors (Lipinski definition) is 4. The van der Waals surface area contributed by atoms with Crippen LogP contribution in [0.5, 0.6) is 0 Å². The summed E-state index contributed by atoms with van der Waals surface area (Å²) in [6, 6.07) is 7.50. The third-order valence-electron chi connectivity index (χ3n) is 2.24. The Kier molecular flexibility index (Phi) is 6.74. The Balaban J connectivity index is 2.58. The van der Waals surface area contributed by atoms with E-state index in [1.165, 1.54) is 11.8 Å². The van der Waals surface area contributed by atoms with Crippen LogP contribution >= 0.6 is 11.8 Å². The van der Waals surface area contributed by atoms with Crippen LogP contribution in [0.1, 0.15) is 18.1 Å². The van der Waals surface area contributed by atoms with Crippen LogP contribution in [0.25, 0.3) is 6.08 Å². The predicted octanol–water partition coefficient (Wildman–Crippen LogP) is 2.58. The van der Waals surface area contributed by atoms with Crippen molar-refractivity contribution in [2.75, 3.05) is 12.4 Å². The minimum Gasteiger partial charge on any atom is -0.478 e. The Morgan fingerprint density at radius 1 is 1.37 bits per heavy atom. The second kappa shape index (κ2) is 8.37. The molecule has 0 radical (unpaired) electrons. The van der Waals surface area contributed by atoms with Gasteiger partial charge in [-0.1, -0.05) is 24.3 Å². The number of hydrogen-bond donors (Lipinski definition) is 1. The van der Waals surface area contributed by atoms with Gasteiger partial charge in [-0.2, -0.15) is 0 Å². The molecule has 102 valence electrons. The van der Waals surface area contributed by atoms with Crippen LogP contribution in [0.4, 0.5) is 0 Å². The van der Waals surface area contributed by atoms with Gasteiger partial charge in [0.15, 0.2) is 0 Å². The maximum Gasteiger partial charge on any atom is 0.328 e. The van der Waals surface area contributed by atoms with E-state index in [9.17, 15) is 9.59 Å². The molecule has 0 atom stereocenters. The molecule has 0 aliphatic rings. The van der Waals surface area contributed by atoms with Crippen LogP contribution in [0.3, 0.4) is 0 Å².